The van der Waals surface area contributed by atoms with Gasteiger partial charge in [-0.15, -0.1) is 0 Å². The maximum Gasteiger partial charge on any atom is 0.134 e. The summed E-state index contributed by atoms with van der Waals surface area (Å²) in [7, 11) is 2.15. The minimum absolute atomic E-state index is 0.174. The average molecular weight is 260 g/mol. The van der Waals surface area contributed by atoms with Crippen LogP contribution in [0.1, 0.15) is 19.4 Å². The second-order valence-electron chi connectivity index (χ2n) is 6.11. The van der Waals surface area contributed by atoms with Crippen molar-refractivity contribution in [1.82, 2.24) is 4.90 Å². The standard InChI is InChI=1S/C16H24N2O/c1-16(2,11-17)12-18(3)9-8-13-10-19-15-7-5-4-6-14(13)15/h4-7,10H,8-9,11-12,17H2,1-3H3. The molecule has 0 amide bonds. The van der Waals surface area contributed by atoms with E-state index in [1.54, 1.807) is 0 Å². The molecule has 3 heteroatoms. The number of rotatable bonds is 6. The van der Waals surface area contributed by atoms with E-state index in [-0.39, 0.29) is 5.41 Å². The summed E-state index contributed by atoms with van der Waals surface area (Å²) < 4.78 is 5.56. The van der Waals surface area contributed by atoms with Gasteiger partial charge in [0.1, 0.15) is 5.58 Å². The molecule has 0 unspecified atom stereocenters. The fourth-order valence-corrected chi connectivity index (χ4v) is 2.41. The third-order valence-electron chi connectivity index (χ3n) is 3.57. The van der Waals surface area contributed by atoms with E-state index in [1.165, 1.54) is 10.9 Å². The zero-order valence-electron chi connectivity index (χ0n) is 12.1. The van der Waals surface area contributed by atoms with E-state index >= 15 is 0 Å². The molecule has 0 aliphatic carbocycles. The largest absolute Gasteiger partial charge is 0.464 e. The molecule has 2 rings (SSSR count). The van der Waals surface area contributed by atoms with Gasteiger partial charge in [0.05, 0.1) is 6.26 Å². The van der Waals surface area contributed by atoms with Gasteiger partial charge in [-0.3, -0.25) is 0 Å². The van der Waals surface area contributed by atoms with Gasteiger partial charge in [0, 0.05) is 18.5 Å². The molecule has 1 heterocycles. The number of hydrogen-bond acceptors (Lipinski definition) is 3. The Balaban J connectivity index is 1.95. The minimum atomic E-state index is 0.174. The Morgan fingerprint density at radius 1 is 1.26 bits per heavy atom. The Morgan fingerprint density at radius 3 is 2.74 bits per heavy atom. The summed E-state index contributed by atoms with van der Waals surface area (Å²) in [6.45, 7) is 7.16. The van der Waals surface area contributed by atoms with Crippen LogP contribution in [0.2, 0.25) is 0 Å². The Morgan fingerprint density at radius 2 is 2.00 bits per heavy atom. The van der Waals surface area contributed by atoms with Crippen LogP contribution in [0.3, 0.4) is 0 Å². The number of para-hydroxylation sites is 1. The molecule has 1 aromatic carbocycles. The van der Waals surface area contributed by atoms with Gasteiger partial charge in [-0.2, -0.15) is 0 Å². The molecular weight excluding hydrogens is 236 g/mol. The molecular formula is C16H24N2O. The number of hydrogen-bond donors (Lipinski definition) is 1. The molecule has 0 fully saturated rings. The molecule has 19 heavy (non-hydrogen) atoms. The Hall–Kier alpha value is -1.32. The lowest BCUT2D eigenvalue weighted by atomic mass is 9.93. The predicted molar refractivity (Wildman–Crippen MR) is 80.3 cm³/mol. The Labute approximate surface area is 115 Å². The SMILES string of the molecule is CN(CCc1coc2ccccc12)CC(C)(C)CN. The van der Waals surface area contributed by atoms with Gasteiger partial charge >= 0.3 is 0 Å². The summed E-state index contributed by atoms with van der Waals surface area (Å²) in [6.07, 6.45) is 2.89. The fourth-order valence-electron chi connectivity index (χ4n) is 2.41. The van der Waals surface area contributed by atoms with Crippen LogP contribution < -0.4 is 5.73 Å². The molecule has 1 aromatic heterocycles. The molecule has 104 valence electrons. The highest BCUT2D eigenvalue weighted by Gasteiger charge is 2.18. The van der Waals surface area contributed by atoms with Gasteiger partial charge in [0.25, 0.3) is 0 Å². The Kier molecular flexibility index (Phi) is 4.27. The van der Waals surface area contributed by atoms with E-state index in [2.05, 4.69) is 37.9 Å². The summed E-state index contributed by atoms with van der Waals surface area (Å²) in [6, 6.07) is 8.20. The highest BCUT2D eigenvalue weighted by atomic mass is 16.3. The van der Waals surface area contributed by atoms with Gasteiger partial charge < -0.3 is 15.1 Å². The molecule has 0 aliphatic heterocycles. The van der Waals surface area contributed by atoms with Gasteiger partial charge in [-0.25, -0.2) is 0 Å². The van der Waals surface area contributed by atoms with Crippen LogP contribution in [-0.2, 0) is 6.42 Å². The van der Waals surface area contributed by atoms with Gasteiger partial charge in [0.2, 0.25) is 0 Å². The molecule has 2 N–H and O–H groups in total. The first-order valence-corrected chi connectivity index (χ1v) is 6.85. The fraction of sp³-hybridized carbons (Fsp3) is 0.500. The zero-order chi connectivity index (χ0) is 13.9. The molecule has 0 saturated carbocycles. The number of likely N-dealkylation sites (N-methyl/N-ethyl adjacent to an activating group) is 1. The van der Waals surface area contributed by atoms with Crippen LogP contribution in [0, 0.1) is 5.41 Å². The van der Waals surface area contributed by atoms with E-state index in [4.69, 9.17) is 10.2 Å². The quantitative estimate of drug-likeness (QED) is 0.868. The predicted octanol–water partition coefficient (Wildman–Crippen LogP) is 2.89. The Bertz CT molecular complexity index is 530. The van der Waals surface area contributed by atoms with Crippen molar-refractivity contribution in [1.29, 1.82) is 0 Å². The van der Waals surface area contributed by atoms with Crippen molar-refractivity contribution in [3.63, 3.8) is 0 Å². The summed E-state index contributed by atoms with van der Waals surface area (Å²) >= 11 is 0. The van der Waals surface area contributed by atoms with E-state index in [1.807, 2.05) is 18.4 Å². The number of nitrogens with zero attached hydrogens (tertiary/aromatic N) is 1. The number of benzene rings is 1. The van der Waals surface area contributed by atoms with Gasteiger partial charge in [-0.05, 0) is 37.1 Å². The normalized spacial score (nSPS) is 12.5. The molecule has 3 nitrogen and oxygen atoms in total. The molecule has 0 atom stereocenters. The third-order valence-corrected chi connectivity index (χ3v) is 3.57. The van der Waals surface area contributed by atoms with E-state index < -0.39 is 0 Å². The molecule has 2 aromatic rings. The van der Waals surface area contributed by atoms with E-state index in [0.29, 0.717) is 6.54 Å². The zero-order valence-corrected chi connectivity index (χ0v) is 12.1. The van der Waals surface area contributed by atoms with Crippen LogP contribution in [0.15, 0.2) is 34.9 Å². The van der Waals surface area contributed by atoms with Gasteiger partial charge in [-0.1, -0.05) is 32.0 Å². The summed E-state index contributed by atoms with van der Waals surface area (Å²) in [5, 5.41) is 1.23. The number of nitrogens with two attached hydrogens (primary N) is 1. The number of fused-ring (bicyclic) bond motifs is 1. The smallest absolute Gasteiger partial charge is 0.134 e. The lowest BCUT2D eigenvalue weighted by Crippen LogP contribution is -2.37. The van der Waals surface area contributed by atoms with Crippen molar-refractivity contribution in [2.75, 3.05) is 26.7 Å². The number of furan rings is 1. The molecule has 0 aliphatic rings. The third kappa shape index (κ3) is 3.58. The van der Waals surface area contributed by atoms with Gasteiger partial charge in [0.15, 0.2) is 0 Å². The lowest BCUT2D eigenvalue weighted by Gasteiger charge is -2.28. The minimum Gasteiger partial charge on any atom is -0.464 e. The van der Waals surface area contributed by atoms with Crippen molar-refractivity contribution in [2.45, 2.75) is 20.3 Å². The summed E-state index contributed by atoms with van der Waals surface area (Å²) in [5.74, 6) is 0. The first kappa shape index (κ1) is 14.1. The molecule has 0 radical (unpaired) electrons. The maximum absolute atomic E-state index is 5.78. The second kappa shape index (κ2) is 5.76. The maximum atomic E-state index is 5.78. The average Bonchev–Trinajstić information content (AvgIpc) is 2.79. The molecule has 0 spiro atoms. The topological polar surface area (TPSA) is 42.4 Å². The van der Waals surface area contributed by atoms with Crippen LogP contribution in [0.25, 0.3) is 11.0 Å². The first-order valence-electron chi connectivity index (χ1n) is 6.85. The van der Waals surface area contributed by atoms with Crippen molar-refractivity contribution in [3.05, 3.63) is 36.1 Å². The monoisotopic (exact) mass is 260 g/mol. The molecule has 0 bridgehead atoms. The first-order chi connectivity index (χ1) is 9.02. The van der Waals surface area contributed by atoms with Crippen LogP contribution in [-0.4, -0.2) is 31.6 Å². The highest BCUT2D eigenvalue weighted by molar-refractivity contribution is 5.80. The summed E-state index contributed by atoms with van der Waals surface area (Å²) in [4.78, 5) is 2.34. The highest BCUT2D eigenvalue weighted by Crippen LogP contribution is 2.21. The van der Waals surface area contributed by atoms with Crippen molar-refractivity contribution >= 4 is 11.0 Å². The van der Waals surface area contributed by atoms with Crippen molar-refractivity contribution < 1.29 is 4.42 Å². The summed E-state index contributed by atoms with van der Waals surface area (Å²) in [5.41, 5.74) is 8.21. The van der Waals surface area contributed by atoms with Crippen LogP contribution >= 0.6 is 0 Å². The van der Waals surface area contributed by atoms with Crippen LogP contribution in [0.5, 0.6) is 0 Å². The second-order valence-corrected chi connectivity index (χ2v) is 6.11. The molecule has 0 saturated heterocycles. The van der Waals surface area contributed by atoms with Crippen molar-refractivity contribution in [2.24, 2.45) is 11.1 Å². The van der Waals surface area contributed by atoms with E-state index in [0.717, 1.165) is 25.1 Å². The van der Waals surface area contributed by atoms with E-state index in [9.17, 15) is 0 Å². The van der Waals surface area contributed by atoms with Crippen molar-refractivity contribution in [3.8, 4) is 0 Å². The lowest BCUT2D eigenvalue weighted by molar-refractivity contribution is 0.218. The van der Waals surface area contributed by atoms with Crippen LogP contribution in [0.4, 0.5) is 0 Å².